The lowest BCUT2D eigenvalue weighted by molar-refractivity contribution is 0.159. The van der Waals surface area contributed by atoms with Crippen LogP contribution in [0.3, 0.4) is 0 Å². The van der Waals surface area contributed by atoms with Crippen LogP contribution in [0, 0.1) is 0 Å². The first-order valence-electron chi connectivity index (χ1n) is 7.27. The minimum absolute atomic E-state index is 0.336. The van der Waals surface area contributed by atoms with Gasteiger partial charge in [0.2, 0.25) is 0 Å². The molecular formula is C17H26N2. The molecule has 1 aliphatic rings. The Labute approximate surface area is 117 Å². The highest BCUT2D eigenvalue weighted by Gasteiger charge is 2.37. The van der Waals surface area contributed by atoms with Crippen LogP contribution < -0.4 is 5.73 Å². The van der Waals surface area contributed by atoms with Crippen molar-refractivity contribution in [2.24, 2.45) is 5.73 Å². The summed E-state index contributed by atoms with van der Waals surface area (Å²) in [4.78, 5) is 2.52. The van der Waals surface area contributed by atoms with E-state index in [2.05, 4.69) is 49.6 Å². The summed E-state index contributed by atoms with van der Waals surface area (Å²) in [6, 6.07) is 10.8. The van der Waals surface area contributed by atoms with Crippen molar-refractivity contribution >= 4 is 0 Å². The molecule has 2 N–H and O–H groups in total. The van der Waals surface area contributed by atoms with Crippen LogP contribution in [0.15, 0.2) is 42.5 Å². The molecule has 1 fully saturated rings. The summed E-state index contributed by atoms with van der Waals surface area (Å²) in [6.07, 6.45) is 3.43. The summed E-state index contributed by atoms with van der Waals surface area (Å²) >= 11 is 0. The lowest BCUT2D eigenvalue weighted by Crippen LogP contribution is -2.54. The first-order valence-corrected chi connectivity index (χ1v) is 7.27. The SMILES string of the molecule is C=C(C)CC(N)(c1ccccc1)C(C)N1CCCC1. The molecule has 104 valence electrons. The van der Waals surface area contributed by atoms with Gasteiger partial charge in [-0.1, -0.05) is 35.9 Å². The van der Waals surface area contributed by atoms with E-state index in [9.17, 15) is 0 Å². The molecule has 0 aromatic heterocycles. The summed E-state index contributed by atoms with van der Waals surface area (Å²) < 4.78 is 0. The monoisotopic (exact) mass is 258 g/mol. The van der Waals surface area contributed by atoms with Gasteiger partial charge in [-0.2, -0.15) is 0 Å². The van der Waals surface area contributed by atoms with Gasteiger partial charge in [-0.15, -0.1) is 6.58 Å². The van der Waals surface area contributed by atoms with Crippen molar-refractivity contribution in [1.29, 1.82) is 0 Å². The Hall–Kier alpha value is -1.12. The molecule has 1 saturated heterocycles. The standard InChI is InChI=1S/C17H26N2/c1-14(2)13-17(18,16-9-5-4-6-10-16)15(3)19-11-7-8-12-19/h4-6,9-10,15H,1,7-8,11-13,18H2,2-3H3. The largest absolute Gasteiger partial charge is 0.320 e. The number of likely N-dealkylation sites (tertiary alicyclic amines) is 1. The van der Waals surface area contributed by atoms with Crippen LogP contribution in [-0.2, 0) is 5.54 Å². The van der Waals surface area contributed by atoms with E-state index < -0.39 is 0 Å². The third kappa shape index (κ3) is 3.07. The van der Waals surface area contributed by atoms with Crippen LogP contribution in [0.2, 0.25) is 0 Å². The molecule has 2 rings (SSSR count). The predicted octanol–water partition coefficient (Wildman–Crippen LogP) is 3.29. The Balaban J connectivity index is 2.30. The van der Waals surface area contributed by atoms with Gasteiger partial charge in [-0.3, -0.25) is 4.90 Å². The van der Waals surface area contributed by atoms with Crippen LogP contribution in [0.1, 0.15) is 38.7 Å². The smallest absolute Gasteiger partial charge is 0.0601 e. The zero-order valence-corrected chi connectivity index (χ0v) is 12.2. The lowest BCUT2D eigenvalue weighted by atomic mass is 9.79. The van der Waals surface area contributed by atoms with Gasteiger partial charge in [0, 0.05) is 6.04 Å². The van der Waals surface area contributed by atoms with Gasteiger partial charge in [0.25, 0.3) is 0 Å². The van der Waals surface area contributed by atoms with E-state index >= 15 is 0 Å². The van der Waals surface area contributed by atoms with E-state index in [0.717, 1.165) is 12.0 Å². The van der Waals surface area contributed by atoms with Gasteiger partial charge >= 0.3 is 0 Å². The van der Waals surface area contributed by atoms with Crippen molar-refractivity contribution in [2.75, 3.05) is 13.1 Å². The van der Waals surface area contributed by atoms with E-state index in [1.165, 1.54) is 31.5 Å². The molecule has 2 nitrogen and oxygen atoms in total. The van der Waals surface area contributed by atoms with Crippen LogP contribution in [0.5, 0.6) is 0 Å². The Kier molecular flexibility index (Phi) is 4.43. The maximum atomic E-state index is 6.84. The van der Waals surface area contributed by atoms with Crippen LogP contribution in [-0.4, -0.2) is 24.0 Å². The molecule has 1 heterocycles. The normalized spacial score (nSPS) is 21.0. The predicted molar refractivity (Wildman–Crippen MR) is 82.0 cm³/mol. The highest BCUT2D eigenvalue weighted by molar-refractivity contribution is 5.28. The molecule has 2 atom stereocenters. The third-order valence-corrected chi connectivity index (χ3v) is 4.34. The minimum Gasteiger partial charge on any atom is -0.320 e. The zero-order valence-electron chi connectivity index (χ0n) is 12.2. The van der Waals surface area contributed by atoms with Gasteiger partial charge in [0.15, 0.2) is 0 Å². The number of nitrogens with zero attached hydrogens (tertiary/aromatic N) is 1. The highest BCUT2D eigenvalue weighted by atomic mass is 15.2. The van der Waals surface area contributed by atoms with Crippen LogP contribution >= 0.6 is 0 Å². The molecule has 0 radical (unpaired) electrons. The Morgan fingerprint density at radius 1 is 1.32 bits per heavy atom. The lowest BCUT2D eigenvalue weighted by Gasteiger charge is -2.41. The second-order valence-electron chi connectivity index (χ2n) is 5.96. The minimum atomic E-state index is -0.336. The molecule has 2 heteroatoms. The van der Waals surface area contributed by atoms with Crippen LogP contribution in [0.25, 0.3) is 0 Å². The number of rotatable bonds is 5. The quantitative estimate of drug-likeness (QED) is 0.821. The Bertz CT molecular complexity index is 420. The van der Waals surface area contributed by atoms with E-state index in [0.29, 0.717) is 6.04 Å². The molecular weight excluding hydrogens is 232 g/mol. The maximum absolute atomic E-state index is 6.84. The third-order valence-electron chi connectivity index (χ3n) is 4.34. The van der Waals surface area contributed by atoms with Crippen molar-refractivity contribution < 1.29 is 0 Å². The van der Waals surface area contributed by atoms with Crippen LogP contribution in [0.4, 0.5) is 0 Å². The number of hydrogen-bond donors (Lipinski definition) is 1. The fourth-order valence-corrected chi connectivity index (χ4v) is 3.19. The molecule has 2 unspecified atom stereocenters. The Morgan fingerprint density at radius 3 is 2.42 bits per heavy atom. The van der Waals surface area contributed by atoms with Gasteiger partial charge in [-0.05, 0) is 51.8 Å². The summed E-state index contributed by atoms with van der Waals surface area (Å²) in [5, 5.41) is 0. The fourth-order valence-electron chi connectivity index (χ4n) is 3.19. The summed E-state index contributed by atoms with van der Waals surface area (Å²) in [5.41, 5.74) is 8.88. The fraction of sp³-hybridized carbons (Fsp3) is 0.529. The van der Waals surface area contributed by atoms with E-state index in [4.69, 9.17) is 5.73 Å². The van der Waals surface area contributed by atoms with Crippen molar-refractivity contribution in [1.82, 2.24) is 4.90 Å². The second kappa shape index (κ2) is 5.89. The molecule has 0 bridgehead atoms. The van der Waals surface area contributed by atoms with Gasteiger partial charge < -0.3 is 5.73 Å². The Morgan fingerprint density at radius 2 is 1.89 bits per heavy atom. The molecule has 0 aliphatic carbocycles. The van der Waals surface area contributed by atoms with E-state index in [-0.39, 0.29) is 5.54 Å². The number of nitrogens with two attached hydrogens (primary N) is 1. The average molecular weight is 258 g/mol. The van der Waals surface area contributed by atoms with Crippen molar-refractivity contribution in [3.05, 3.63) is 48.0 Å². The molecule has 1 aromatic carbocycles. The number of benzene rings is 1. The van der Waals surface area contributed by atoms with E-state index in [1.54, 1.807) is 0 Å². The van der Waals surface area contributed by atoms with Crippen molar-refractivity contribution in [2.45, 2.75) is 44.7 Å². The molecule has 19 heavy (non-hydrogen) atoms. The molecule has 1 aliphatic heterocycles. The first-order chi connectivity index (χ1) is 9.04. The first kappa shape index (κ1) is 14.3. The zero-order chi connectivity index (χ0) is 13.9. The maximum Gasteiger partial charge on any atom is 0.0601 e. The van der Waals surface area contributed by atoms with Crippen molar-refractivity contribution in [3.63, 3.8) is 0 Å². The van der Waals surface area contributed by atoms with Gasteiger partial charge in [0.05, 0.1) is 5.54 Å². The van der Waals surface area contributed by atoms with Gasteiger partial charge in [-0.25, -0.2) is 0 Å². The molecule has 1 aromatic rings. The number of hydrogen-bond acceptors (Lipinski definition) is 2. The topological polar surface area (TPSA) is 29.3 Å². The highest BCUT2D eigenvalue weighted by Crippen LogP contribution is 2.33. The second-order valence-corrected chi connectivity index (χ2v) is 5.96. The summed E-state index contributed by atoms with van der Waals surface area (Å²) in [5.74, 6) is 0. The molecule has 0 spiro atoms. The summed E-state index contributed by atoms with van der Waals surface area (Å²) in [7, 11) is 0. The van der Waals surface area contributed by atoms with E-state index in [1.807, 2.05) is 6.07 Å². The van der Waals surface area contributed by atoms with Crippen molar-refractivity contribution in [3.8, 4) is 0 Å². The molecule has 0 amide bonds. The summed E-state index contributed by atoms with van der Waals surface area (Å²) in [6.45, 7) is 10.8. The average Bonchev–Trinajstić information content (AvgIpc) is 2.91. The molecule has 0 saturated carbocycles. The van der Waals surface area contributed by atoms with Gasteiger partial charge in [0.1, 0.15) is 0 Å².